The molecule has 0 aliphatic rings. The molecular formula is C20H26O6. The summed E-state index contributed by atoms with van der Waals surface area (Å²) in [5.74, 6) is -1.64. The van der Waals surface area contributed by atoms with E-state index in [1.165, 1.54) is 0 Å². The molecule has 0 bridgehead atoms. The van der Waals surface area contributed by atoms with Gasteiger partial charge in [0.05, 0.1) is 23.3 Å². The van der Waals surface area contributed by atoms with E-state index in [1.54, 1.807) is 67.6 Å². The van der Waals surface area contributed by atoms with Gasteiger partial charge in [-0.3, -0.25) is 0 Å². The smallest absolute Gasteiger partial charge is 0.335 e. The summed E-state index contributed by atoms with van der Waals surface area (Å²) in [7, 11) is 0. The summed E-state index contributed by atoms with van der Waals surface area (Å²) in [4.78, 5) is 20.4. The van der Waals surface area contributed by atoms with Crippen LogP contribution in [-0.4, -0.2) is 44.6 Å². The van der Waals surface area contributed by atoms with Crippen LogP contribution in [0.2, 0.25) is 0 Å². The zero-order valence-electron chi connectivity index (χ0n) is 15.2. The maximum absolute atomic E-state index is 10.2. The molecule has 0 radical (unpaired) electrons. The van der Waals surface area contributed by atoms with E-state index >= 15 is 0 Å². The maximum Gasteiger partial charge on any atom is 0.335 e. The van der Waals surface area contributed by atoms with Gasteiger partial charge in [-0.2, -0.15) is 0 Å². The number of benzene rings is 2. The average Bonchev–Trinajstić information content (AvgIpc) is 2.64. The van der Waals surface area contributed by atoms with Crippen LogP contribution in [0, 0.1) is 5.92 Å². The summed E-state index contributed by atoms with van der Waals surface area (Å²) in [5, 5.41) is 34.4. The van der Waals surface area contributed by atoms with Gasteiger partial charge in [0, 0.05) is 0 Å². The third-order valence-corrected chi connectivity index (χ3v) is 3.61. The van der Waals surface area contributed by atoms with Gasteiger partial charge in [0.25, 0.3) is 0 Å². The van der Waals surface area contributed by atoms with Crippen LogP contribution >= 0.6 is 0 Å². The maximum atomic E-state index is 10.2. The Morgan fingerprint density at radius 1 is 0.846 bits per heavy atom. The van der Waals surface area contributed by atoms with Gasteiger partial charge in [0.2, 0.25) is 0 Å². The minimum Gasteiger partial charge on any atom is -0.478 e. The van der Waals surface area contributed by atoms with E-state index in [2.05, 4.69) is 0 Å². The summed E-state index contributed by atoms with van der Waals surface area (Å²) >= 11 is 0. The van der Waals surface area contributed by atoms with Gasteiger partial charge in [-0.1, -0.05) is 50.2 Å². The molecule has 6 heteroatoms. The van der Waals surface area contributed by atoms with Crippen molar-refractivity contribution in [1.82, 2.24) is 0 Å². The van der Waals surface area contributed by atoms with Crippen molar-refractivity contribution in [3.8, 4) is 0 Å². The first-order valence-corrected chi connectivity index (χ1v) is 8.01. The van der Waals surface area contributed by atoms with Crippen LogP contribution in [0.4, 0.5) is 0 Å². The van der Waals surface area contributed by atoms with Gasteiger partial charge in [0.1, 0.15) is 0 Å². The minimum absolute atomic E-state index is 0.118. The van der Waals surface area contributed by atoms with Crippen molar-refractivity contribution in [2.75, 3.05) is 6.61 Å². The second kappa shape index (κ2) is 11.8. The fourth-order valence-electron chi connectivity index (χ4n) is 1.34. The van der Waals surface area contributed by atoms with Crippen molar-refractivity contribution in [2.45, 2.75) is 26.4 Å². The first kappa shape index (κ1) is 23.3. The summed E-state index contributed by atoms with van der Waals surface area (Å²) in [6.45, 7) is 5.20. The number of aliphatic hydroxyl groups is 2. The Labute approximate surface area is 153 Å². The lowest BCUT2D eigenvalue weighted by molar-refractivity contribution is -0.0350. The second-order valence-electron chi connectivity index (χ2n) is 6.01. The van der Waals surface area contributed by atoms with Crippen LogP contribution in [0.15, 0.2) is 60.7 Å². The van der Waals surface area contributed by atoms with Gasteiger partial charge in [-0.25, -0.2) is 9.59 Å². The summed E-state index contributed by atoms with van der Waals surface area (Å²) in [5.41, 5.74) is -0.241. The van der Waals surface area contributed by atoms with Crippen molar-refractivity contribution >= 4 is 11.9 Å². The van der Waals surface area contributed by atoms with Gasteiger partial charge in [-0.05, 0) is 37.1 Å². The minimum atomic E-state index is -0.903. The molecule has 142 valence electrons. The number of hydrogen-bond donors (Lipinski definition) is 4. The molecule has 26 heavy (non-hydrogen) atoms. The number of aromatic carboxylic acids is 2. The van der Waals surface area contributed by atoms with Crippen molar-refractivity contribution in [2.24, 2.45) is 5.92 Å². The number of carbonyl (C=O) groups is 2. The van der Waals surface area contributed by atoms with E-state index in [4.69, 9.17) is 20.4 Å². The lowest BCUT2D eigenvalue weighted by Crippen LogP contribution is -2.34. The topological polar surface area (TPSA) is 115 Å². The highest BCUT2D eigenvalue weighted by atomic mass is 16.4. The van der Waals surface area contributed by atoms with Crippen LogP contribution in [0.3, 0.4) is 0 Å². The van der Waals surface area contributed by atoms with Crippen molar-refractivity contribution < 1.29 is 30.0 Å². The molecule has 4 N–H and O–H groups in total. The Kier molecular flexibility index (Phi) is 10.6. The van der Waals surface area contributed by atoms with Crippen LogP contribution in [0.1, 0.15) is 41.5 Å². The molecule has 6 nitrogen and oxygen atoms in total. The monoisotopic (exact) mass is 362 g/mol. The highest BCUT2D eigenvalue weighted by Crippen LogP contribution is 2.13. The molecular weight excluding hydrogens is 336 g/mol. The number of hydrogen-bond acceptors (Lipinski definition) is 4. The molecule has 2 aromatic rings. The standard InChI is InChI=1S/2C7H6O2.C6H14O2/c2*8-7(9)6-4-2-1-3-5-6;1-5(2)6(3,8)4-7/h2*1-5H,(H,8,9);5,7-8H,4H2,1-3H3. The van der Waals surface area contributed by atoms with Crippen molar-refractivity contribution in [1.29, 1.82) is 0 Å². The molecule has 0 saturated carbocycles. The normalized spacial score (nSPS) is 11.9. The molecule has 0 aromatic heterocycles. The molecule has 0 heterocycles. The second-order valence-corrected chi connectivity index (χ2v) is 6.01. The van der Waals surface area contributed by atoms with Crippen molar-refractivity contribution in [3.05, 3.63) is 71.8 Å². The van der Waals surface area contributed by atoms with Crippen LogP contribution in [-0.2, 0) is 0 Å². The first-order valence-electron chi connectivity index (χ1n) is 8.01. The van der Waals surface area contributed by atoms with E-state index in [-0.39, 0.29) is 12.5 Å². The SMILES string of the molecule is CC(C)C(C)(O)CO.O=C(O)c1ccccc1.O=C(O)c1ccccc1. The summed E-state index contributed by atoms with van der Waals surface area (Å²) in [6.07, 6.45) is 0. The summed E-state index contributed by atoms with van der Waals surface area (Å²) in [6, 6.07) is 16.6. The predicted molar refractivity (Wildman–Crippen MR) is 99.4 cm³/mol. The largest absolute Gasteiger partial charge is 0.478 e. The van der Waals surface area contributed by atoms with E-state index in [0.717, 1.165) is 0 Å². The Bertz CT molecular complexity index is 601. The average molecular weight is 362 g/mol. The van der Waals surface area contributed by atoms with E-state index in [1.807, 2.05) is 13.8 Å². The van der Waals surface area contributed by atoms with Gasteiger partial charge in [-0.15, -0.1) is 0 Å². The molecule has 2 aromatic carbocycles. The Morgan fingerprint density at radius 3 is 1.27 bits per heavy atom. The lowest BCUT2D eigenvalue weighted by Gasteiger charge is -2.24. The van der Waals surface area contributed by atoms with Crippen LogP contribution in [0.25, 0.3) is 0 Å². The molecule has 1 unspecified atom stereocenters. The summed E-state index contributed by atoms with van der Waals surface area (Å²) < 4.78 is 0. The molecule has 0 spiro atoms. The van der Waals surface area contributed by atoms with E-state index in [9.17, 15) is 9.59 Å². The molecule has 0 aliphatic carbocycles. The third-order valence-electron chi connectivity index (χ3n) is 3.61. The third kappa shape index (κ3) is 9.56. The number of aliphatic hydroxyl groups excluding tert-OH is 1. The molecule has 0 amide bonds. The molecule has 0 fully saturated rings. The zero-order chi connectivity index (χ0) is 20.2. The predicted octanol–water partition coefficient (Wildman–Crippen LogP) is 3.16. The molecule has 0 aliphatic heterocycles. The fourth-order valence-corrected chi connectivity index (χ4v) is 1.34. The van der Waals surface area contributed by atoms with Crippen LogP contribution in [0.5, 0.6) is 0 Å². The van der Waals surface area contributed by atoms with Gasteiger partial charge < -0.3 is 20.4 Å². The highest BCUT2D eigenvalue weighted by Gasteiger charge is 2.22. The van der Waals surface area contributed by atoms with Gasteiger partial charge >= 0.3 is 11.9 Å². The Morgan fingerprint density at radius 2 is 1.15 bits per heavy atom. The van der Waals surface area contributed by atoms with Crippen LogP contribution < -0.4 is 0 Å². The quantitative estimate of drug-likeness (QED) is 0.664. The zero-order valence-corrected chi connectivity index (χ0v) is 15.2. The van der Waals surface area contributed by atoms with E-state index in [0.29, 0.717) is 11.1 Å². The Hall–Kier alpha value is -2.70. The number of carboxylic acids is 2. The molecule has 1 atom stereocenters. The highest BCUT2D eigenvalue weighted by molar-refractivity contribution is 5.87. The van der Waals surface area contributed by atoms with E-state index < -0.39 is 17.5 Å². The molecule has 0 saturated heterocycles. The van der Waals surface area contributed by atoms with Gasteiger partial charge in [0.15, 0.2) is 0 Å². The number of carboxylic acid groups (broad SMARTS) is 2. The fraction of sp³-hybridized carbons (Fsp3) is 0.300. The Balaban J connectivity index is 0.000000362. The molecule has 2 rings (SSSR count). The number of rotatable bonds is 4. The lowest BCUT2D eigenvalue weighted by atomic mass is 9.94. The first-order chi connectivity index (χ1) is 12.1. The van der Waals surface area contributed by atoms with Crippen molar-refractivity contribution in [3.63, 3.8) is 0 Å².